The number of benzene rings is 2. The standard InChI is InChI=1S/2C56H84N6O6/c1-15-19-21-37(17-3)31-57-47(63)23-25-49(65)59-43-29-45-41(55(11,12)35(9)61(45)33(5)6)27-39(43)51-53(67)52(54(51)68)40-28-42-46(62(34(7)8)36(10)56(42,13)14)30-44(40)60-50(66)26-24-48(64)58-32-38(18-4)22-20-16-2;1-15-19-27-59(28-20-16-2)49(65)25-23-47(63)57-43-33-45-41(55(11,12)37(9)61(45)35(5)6)31-39(43)51-53(67)52(54(51)68)40-32-42-46(62(36(7)8)38(10)56(42,13)14)34-44(40)58-48(64)24-26-50(66)60(29-21-17-3)30-22-18-4/h27-30,33-38,67H,15-26,31-32H2,1-14H3,(H,57,63)(H,58,64)(H,59,65);31-38,67H,15-30H2,1-14H3,(H,57,63). The minimum absolute atomic E-state index is 0.0128. The van der Waals surface area contributed by atoms with Crippen molar-refractivity contribution in [1.82, 2.24) is 30.2 Å². The highest BCUT2D eigenvalue weighted by Crippen LogP contribution is 2.57. The summed E-state index contributed by atoms with van der Waals surface area (Å²) in [5.74, 6) is -2.79. The fraction of sp³-hybridized carbons (Fsp3) is 0.643. The number of unbranched alkanes of at least 4 members (excludes halogenated alkanes) is 6. The van der Waals surface area contributed by atoms with Crippen LogP contribution >= 0.6 is 0 Å². The van der Waals surface area contributed by atoms with Crippen molar-refractivity contribution in [3.8, 4) is 0 Å². The van der Waals surface area contributed by atoms with Gasteiger partial charge < -0.3 is 60.9 Å². The molecule has 2 fully saturated rings. The molecule has 0 aromatic heterocycles. The van der Waals surface area contributed by atoms with Crippen molar-refractivity contribution in [3.63, 3.8) is 0 Å². The van der Waals surface area contributed by atoms with Crippen molar-refractivity contribution < 1.29 is 58.2 Å². The summed E-state index contributed by atoms with van der Waals surface area (Å²) < 4.78 is 0. The summed E-state index contributed by atoms with van der Waals surface area (Å²) in [6, 6.07) is 8.53. The lowest BCUT2D eigenvalue weighted by Crippen LogP contribution is -2.42. The molecule has 8 aliphatic rings. The Morgan fingerprint density at radius 2 is 0.691 bits per heavy atom. The summed E-state index contributed by atoms with van der Waals surface area (Å²) in [5, 5.41) is 36.7. The predicted octanol–water partition coefficient (Wildman–Crippen LogP) is 21.8. The highest BCUT2D eigenvalue weighted by Gasteiger charge is 2.53. The third-order valence-corrected chi connectivity index (χ3v) is 30.8. The molecule has 24 nitrogen and oxygen atoms in total. The van der Waals surface area contributed by atoms with Crippen LogP contribution in [0.2, 0.25) is 0 Å². The van der Waals surface area contributed by atoms with E-state index in [4.69, 9.17) is 0 Å². The van der Waals surface area contributed by atoms with Gasteiger partial charge in [-0.3, -0.25) is 47.9 Å². The minimum atomic E-state index is -0.498. The van der Waals surface area contributed by atoms with Gasteiger partial charge in [0.15, 0.2) is 0 Å². The van der Waals surface area contributed by atoms with E-state index in [0.29, 0.717) is 84.8 Å². The number of aliphatic hydroxyl groups is 2. The predicted molar refractivity (Wildman–Crippen MR) is 554 cm³/mol. The van der Waals surface area contributed by atoms with Crippen molar-refractivity contribution in [3.05, 3.63) is 127 Å². The molecule has 8 amide bonds. The van der Waals surface area contributed by atoms with Crippen LogP contribution in [0.15, 0.2) is 115 Å². The Morgan fingerprint density at radius 1 is 0.390 bits per heavy atom. The number of carbonyl (C=O) groups excluding carboxylic acids is 10. The monoisotopic (exact) mass is 1870 g/mol. The number of Topliss-reactive ketones (excluding diaryl/α,β-unsaturated/α-hetero) is 2. The summed E-state index contributed by atoms with van der Waals surface area (Å²) in [4.78, 5) is 160. The summed E-state index contributed by atoms with van der Waals surface area (Å²) in [5.41, 5.74) is 9.22. The number of allylic oxidation sites excluding steroid dienone is 12. The first-order valence-corrected chi connectivity index (χ1v) is 51.9. The van der Waals surface area contributed by atoms with Crippen molar-refractivity contribution >= 4 is 104 Å². The average molecular weight is 1870 g/mol. The first-order valence-electron chi connectivity index (χ1n) is 51.9. The van der Waals surface area contributed by atoms with E-state index in [1.54, 1.807) is 0 Å². The molecule has 4 aliphatic carbocycles. The van der Waals surface area contributed by atoms with Gasteiger partial charge in [-0.25, -0.2) is 9.98 Å². The van der Waals surface area contributed by atoms with Gasteiger partial charge in [0.2, 0.25) is 58.8 Å². The van der Waals surface area contributed by atoms with E-state index in [0.717, 1.165) is 148 Å². The van der Waals surface area contributed by atoms with Gasteiger partial charge in [-0.15, -0.1) is 0 Å². The SMILES string of the molecule is CCCCC(CC)CNC(=O)CCC(=O)N=C1C=C2C(=CC1=C1C(=O)C(c3cc4c(cc3NC(=O)CCC(=O)NCC(CC)CCCC)N(C(C)C)C(C)C4(C)C)=C1O)C(C)(C)C(C)N2C(C)C.CCCCN(CCCC)C(=O)CCC(=O)N=C1C=C2C(=CC1=C1C(=O)C(c3cc4c(cc3NC(=O)CCC(=O)N(CCCC)CCCC)N(C(C)C)C(C)C4(C)C)=C1O)C(C)(C)C(C)N2C(C)C. The van der Waals surface area contributed by atoms with Gasteiger partial charge in [0.1, 0.15) is 11.5 Å². The molecular weight excluding hydrogens is 1710 g/mol. The Hall–Kier alpha value is -10.00. The molecule has 4 heterocycles. The molecule has 24 heteroatoms. The number of amides is 8. The van der Waals surface area contributed by atoms with Crippen LogP contribution in [0.1, 0.15) is 370 Å². The van der Waals surface area contributed by atoms with Crippen molar-refractivity contribution in [2.24, 2.45) is 32.7 Å². The highest BCUT2D eigenvalue weighted by molar-refractivity contribution is 6.43. The quantitative estimate of drug-likeness (QED) is 0.0336. The summed E-state index contributed by atoms with van der Waals surface area (Å²) >= 11 is 0. The van der Waals surface area contributed by atoms with Gasteiger partial charge in [0.05, 0.1) is 45.1 Å². The van der Waals surface area contributed by atoms with Crippen LogP contribution < -0.4 is 31.1 Å². The molecule has 0 saturated carbocycles. The molecule has 6 unspecified atom stereocenters. The van der Waals surface area contributed by atoms with Crippen LogP contribution in [0.5, 0.6) is 0 Å². The number of hydrogen-bond donors (Lipinski definition) is 6. The molecule has 6 atom stereocenters. The third kappa shape index (κ3) is 23.9. The van der Waals surface area contributed by atoms with E-state index in [1.807, 2.05) is 58.4 Å². The fourth-order valence-corrected chi connectivity index (χ4v) is 21.0. The van der Waals surface area contributed by atoms with Gasteiger partial charge in [-0.05, 0) is 204 Å². The van der Waals surface area contributed by atoms with Gasteiger partial charge in [0, 0.05) is 206 Å². The van der Waals surface area contributed by atoms with Crippen molar-refractivity contribution in [2.75, 3.05) is 59.7 Å². The Bertz CT molecular complexity index is 5130. The Kier molecular flexibility index (Phi) is 38.0. The van der Waals surface area contributed by atoms with Gasteiger partial charge in [0.25, 0.3) is 0 Å². The van der Waals surface area contributed by atoms with E-state index >= 15 is 0 Å². The molecule has 748 valence electrons. The number of nitrogens with one attached hydrogen (secondary N) is 4. The second-order valence-electron chi connectivity index (χ2n) is 42.8. The lowest BCUT2D eigenvalue weighted by atomic mass is 9.73. The Balaban J connectivity index is 0.000000305. The number of aliphatic imine (C=N–C) groups is 2. The number of aliphatic hydroxyl groups excluding tert-OH is 2. The van der Waals surface area contributed by atoms with E-state index in [-0.39, 0.29) is 202 Å². The topological polar surface area (TPSA) is 303 Å². The lowest BCUT2D eigenvalue weighted by Gasteiger charge is -2.34. The molecular formula is C112H168N12O12. The Morgan fingerprint density at radius 3 is 1.01 bits per heavy atom. The third-order valence-electron chi connectivity index (χ3n) is 30.8. The number of nitrogens with zero attached hydrogens (tertiary/aromatic N) is 8. The number of fused-ring (bicyclic) bond motifs is 4. The summed E-state index contributed by atoms with van der Waals surface area (Å²) in [6.07, 6.45) is 23.2. The second-order valence-corrected chi connectivity index (χ2v) is 42.8. The number of anilines is 4. The first kappa shape index (κ1) is 110. The van der Waals surface area contributed by atoms with Gasteiger partial charge >= 0.3 is 0 Å². The summed E-state index contributed by atoms with van der Waals surface area (Å²) in [7, 11) is 0. The fourth-order valence-electron chi connectivity index (χ4n) is 21.0. The average Bonchev–Trinajstić information content (AvgIpc) is 1.47. The maximum Gasteiger partial charge on any atom is 0.246 e. The minimum Gasteiger partial charge on any atom is -0.506 e. The van der Waals surface area contributed by atoms with Gasteiger partial charge in [-0.1, -0.05) is 175 Å². The lowest BCUT2D eigenvalue weighted by molar-refractivity contribution is -0.133. The zero-order valence-electron chi connectivity index (χ0n) is 88.2. The molecule has 0 radical (unpaired) electrons. The zero-order valence-corrected chi connectivity index (χ0v) is 88.2. The summed E-state index contributed by atoms with van der Waals surface area (Å²) in [6.45, 7) is 63.7. The van der Waals surface area contributed by atoms with Crippen LogP contribution in [0.3, 0.4) is 0 Å². The molecule has 136 heavy (non-hydrogen) atoms. The number of hydrogen-bond acceptors (Lipinski definition) is 16. The second kappa shape index (κ2) is 47.1. The van der Waals surface area contributed by atoms with Gasteiger partial charge in [-0.2, -0.15) is 0 Å². The largest absolute Gasteiger partial charge is 0.506 e. The van der Waals surface area contributed by atoms with Crippen molar-refractivity contribution in [2.45, 2.75) is 407 Å². The van der Waals surface area contributed by atoms with Crippen LogP contribution in [0.25, 0.3) is 11.1 Å². The molecule has 2 aromatic carbocycles. The van der Waals surface area contributed by atoms with E-state index < -0.39 is 23.4 Å². The number of rotatable bonds is 44. The number of likely N-dealkylation sites (tertiary alicyclic amines) is 2. The molecule has 0 spiro atoms. The maximum atomic E-state index is 15.0. The van der Waals surface area contributed by atoms with Crippen LogP contribution in [-0.4, -0.2) is 188 Å². The van der Waals surface area contributed by atoms with E-state index in [2.05, 4.69) is 245 Å². The van der Waals surface area contributed by atoms with E-state index in [1.165, 1.54) is 0 Å². The van der Waals surface area contributed by atoms with Crippen LogP contribution in [0.4, 0.5) is 22.7 Å². The van der Waals surface area contributed by atoms with E-state index in [9.17, 15) is 58.2 Å². The maximum absolute atomic E-state index is 15.0. The molecule has 2 saturated heterocycles. The van der Waals surface area contributed by atoms with Crippen LogP contribution in [0, 0.1) is 22.7 Å². The normalized spacial score (nSPS) is 21.5. The van der Waals surface area contributed by atoms with Crippen molar-refractivity contribution in [1.29, 1.82) is 0 Å². The first-order chi connectivity index (χ1) is 64.1. The molecule has 0 bridgehead atoms. The molecule has 10 rings (SSSR count). The smallest absolute Gasteiger partial charge is 0.246 e. The molecule has 4 aliphatic heterocycles. The van der Waals surface area contributed by atoms with Crippen LogP contribution in [-0.2, 0) is 58.8 Å². The zero-order chi connectivity index (χ0) is 101. The molecule has 2 aromatic rings. The number of carbonyl (C=O) groups is 10. The highest BCUT2D eigenvalue weighted by atomic mass is 16.3. The Labute approximate surface area is 814 Å². The molecule has 6 N–H and O–H groups in total. The number of ketones is 2.